The van der Waals surface area contributed by atoms with E-state index >= 15 is 0 Å². The van der Waals surface area contributed by atoms with E-state index in [1.54, 1.807) is 13.2 Å². The lowest BCUT2D eigenvalue weighted by Crippen LogP contribution is -2.45. The minimum atomic E-state index is -0.820. The maximum Gasteiger partial charge on any atom is 0.159 e. The number of hydrogen-bond donors (Lipinski definition) is 1. The third-order valence-corrected chi connectivity index (χ3v) is 4.01. The van der Waals surface area contributed by atoms with Gasteiger partial charge < -0.3 is 10.1 Å². The Morgan fingerprint density at radius 2 is 1.80 bits per heavy atom. The van der Waals surface area contributed by atoms with Crippen molar-refractivity contribution in [2.75, 3.05) is 13.7 Å². The first kappa shape index (κ1) is 17.1. The molecule has 1 aromatic carbocycles. The monoisotopic (exact) mass is 285 g/mol. The van der Waals surface area contributed by atoms with Crippen LogP contribution in [0.1, 0.15) is 51.6 Å². The lowest BCUT2D eigenvalue weighted by molar-refractivity contribution is -0.0486. The summed E-state index contributed by atoms with van der Waals surface area (Å²) >= 11 is 0. The molecule has 4 heteroatoms. The minimum Gasteiger partial charge on any atom is -0.376 e. The van der Waals surface area contributed by atoms with Crippen molar-refractivity contribution in [2.45, 2.75) is 51.7 Å². The zero-order valence-electron chi connectivity index (χ0n) is 12.8. The van der Waals surface area contributed by atoms with Crippen LogP contribution in [0.2, 0.25) is 0 Å². The molecule has 0 saturated carbocycles. The molecule has 1 rings (SSSR count). The van der Waals surface area contributed by atoms with Crippen molar-refractivity contribution in [3.05, 3.63) is 35.4 Å². The van der Waals surface area contributed by atoms with E-state index in [0.717, 1.165) is 31.4 Å². The molecule has 2 nitrogen and oxygen atoms in total. The molecule has 0 aliphatic heterocycles. The summed E-state index contributed by atoms with van der Waals surface area (Å²) < 4.78 is 32.4. The molecule has 0 aliphatic carbocycles. The Morgan fingerprint density at radius 3 is 2.25 bits per heavy atom. The highest BCUT2D eigenvalue weighted by atomic mass is 19.2. The van der Waals surface area contributed by atoms with E-state index in [2.05, 4.69) is 12.2 Å². The molecule has 0 heterocycles. The van der Waals surface area contributed by atoms with Crippen LogP contribution < -0.4 is 5.32 Å². The standard InChI is InChI=1S/C16H25F2NO/c1-5-10-19-15(16(6-2,7-3)20-4)12-8-9-13(17)14(18)11-12/h8-9,11,15,19H,5-7,10H2,1-4H3. The maximum atomic E-state index is 13.5. The second-order valence-corrected chi connectivity index (χ2v) is 5.04. The molecule has 114 valence electrons. The van der Waals surface area contributed by atoms with Gasteiger partial charge in [0.15, 0.2) is 11.6 Å². The van der Waals surface area contributed by atoms with Gasteiger partial charge in [-0.15, -0.1) is 0 Å². The average molecular weight is 285 g/mol. The Bertz CT molecular complexity index is 411. The van der Waals surface area contributed by atoms with Crippen LogP contribution in [0.15, 0.2) is 18.2 Å². The fourth-order valence-electron chi connectivity index (χ4n) is 2.65. The fraction of sp³-hybridized carbons (Fsp3) is 0.625. The Labute approximate surface area is 120 Å². The molecule has 0 aromatic heterocycles. The van der Waals surface area contributed by atoms with Crippen molar-refractivity contribution in [2.24, 2.45) is 0 Å². The van der Waals surface area contributed by atoms with Crippen LogP contribution in [0.3, 0.4) is 0 Å². The van der Waals surface area contributed by atoms with E-state index in [-0.39, 0.29) is 6.04 Å². The van der Waals surface area contributed by atoms with Gasteiger partial charge in [0.05, 0.1) is 11.6 Å². The molecule has 1 aromatic rings. The summed E-state index contributed by atoms with van der Waals surface area (Å²) in [7, 11) is 1.67. The molecule has 0 bridgehead atoms. The van der Waals surface area contributed by atoms with Crippen LogP contribution in [0.25, 0.3) is 0 Å². The van der Waals surface area contributed by atoms with Crippen molar-refractivity contribution in [3.8, 4) is 0 Å². The predicted octanol–water partition coefficient (Wildman–Crippen LogP) is 4.21. The molecule has 1 unspecified atom stereocenters. The van der Waals surface area contributed by atoms with Crippen LogP contribution in [-0.2, 0) is 4.74 Å². The molecule has 0 fully saturated rings. The molecule has 0 spiro atoms. The molecular weight excluding hydrogens is 260 g/mol. The van der Waals surface area contributed by atoms with Crippen LogP contribution in [0.4, 0.5) is 8.78 Å². The van der Waals surface area contributed by atoms with E-state index in [4.69, 9.17) is 4.74 Å². The summed E-state index contributed by atoms with van der Waals surface area (Å²) in [5.41, 5.74) is 0.308. The van der Waals surface area contributed by atoms with Gasteiger partial charge in [0.25, 0.3) is 0 Å². The first-order chi connectivity index (χ1) is 9.54. The average Bonchev–Trinajstić information content (AvgIpc) is 2.47. The van der Waals surface area contributed by atoms with Crippen LogP contribution in [0, 0.1) is 11.6 Å². The molecule has 20 heavy (non-hydrogen) atoms. The van der Waals surface area contributed by atoms with Crippen molar-refractivity contribution in [1.82, 2.24) is 5.32 Å². The first-order valence-electron chi connectivity index (χ1n) is 7.28. The molecule has 0 saturated heterocycles. The molecule has 0 radical (unpaired) electrons. The second-order valence-electron chi connectivity index (χ2n) is 5.04. The summed E-state index contributed by atoms with van der Waals surface area (Å²) in [6, 6.07) is 3.92. The first-order valence-corrected chi connectivity index (χ1v) is 7.28. The SMILES string of the molecule is CCCNC(c1ccc(F)c(F)c1)C(CC)(CC)OC. The highest BCUT2D eigenvalue weighted by Gasteiger charge is 2.36. The van der Waals surface area contributed by atoms with Crippen LogP contribution in [0.5, 0.6) is 0 Å². The zero-order valence-corrected chi connectivity index (χ0v) is 12.8. The third-order valence-electron chi connectivity index (χ3n) is 4.01. The zero-order chi connectivity index (χ0) is 15.2. The number of halogens is 2. The Morgan fingerprint density at radius 1 is 1.15 bits per heavy atom. The van der Waals surface area contributed by atoms with Crippen molar-refractivity contribution in [3.63, 3.8) is 0 Å². The highest BCUT2D eigenvalue weighted by Crippen LogP contribution is 2.35. The fourth-order valence-corrected chi connectivity index (χ4v) is 2.65. The van der Waals surface area contributed by atoms with Gasteiger partial charge >= 0.3 is 0 Å². The van der Waals surface area contributed by atoms with Gasteiger partial charge in [0.2, 0.25) is 0 Å². The largest absolute Gasteiger partial charge is 0.376 e. The minimum absolute atomic E-state index is 0.155. The van der Waals surface area contributed by atoms with Crippen LogP contribution >= 0.6 is 0 Å². The number of methoxy groups -OCH3 is 1. The molecule has 0 amide bonds. The lowest BCUT2D eigenvalue weighted by atomic mass is 9.83. The predicted molar refractivity (Wildman–Crippen MR) is 77.7 cm³/mol. The van der Waals surface area contributed by atoms with Crippen LogP contribution in [-0.4, -0.2) is 19.3 Å². The van der Waals surface area contributed by atoms with Gasteiger partial charge in [0, 0.05) is 7.11 Å². The second kappa shape index (κ2) is 7.70. The molecule has 1 N–H and O–H groups in total. The molecular formula is C16H25F2NO. The van der Waals surface area contributed by atoms with E-state index in [0.29, 0.717) is 0 Å². The van der Waals surface area contributed by atoms with Crippen molar-refractivity contribution in [1.29, 1.82) is 0 Å². The summed E-state index contributed by atoms with van der Waals surface area (Å²) in [4.78, 5) is 0. The summed E-state index contributed by atoms with van der Waals surface area (Å²) in [5, 5.41) is 3.41. The van der Waals surface area contributed by atoms with Gasteiger partial charge in [-0.2, -0.15) is 0 Å². The van der Waals surface area contributed by atoms with Gasteiger partial charge in [0.1, 0.15) is 0 Å². The van der Waals surface area contributed by atoms with Gasteiger partial charge in [-0.3, -0.25) is 0 Å². The normalized spacial score (nSPS) is 13.5. The lowest BCUT2D eigenvalue weighted by Gasteiger charge is -2.39. The van der Waals surface area contributed by atoms with Gasteiger partial charge in [-0.05, 0) is 43.5 Å². The quantitative estimate of drug-likeness (QED) is 0.772. The Hall–Kier alpha value is -1.00. The number of rotatable bonds is 8. The topological polar surface area (TPSA) is 21.3 Å². The number of nitrogens with one attached hydrogen (secondary N) is 1. The number of hydrogen-bond acceptors (Lipinski definition) is 2. The van der Waals surface area contributed by atoms with E-state index in [1.807, 2.05) is 13.8 Å². The van der Waals surface area contributed by atoms with Gasteiger partial charge in [-0.1, -0.05) is 26.8 Å². The van der Waals surface area contributed by atoms with E-state index < -0.39 is 17.2 Å². The highest BCUT2D eigenvalue weighted by molar-refractivity contribution is 5.24. The Balaban J connectivity index is 3.19. The summed E-state index contributed by atoms with van der Waals surface area (Å²) in [5.74, 6) is -1.64. The number of benzene rings is 1. The number of ether oxygens (including phenoxy) is 1. The molecule has 0 aliphatic rings. The third kappa shape index (κ3) is 3.55. The van der Waals surface area contributed by atoms with Crippen molar-refractivity contribution >= 4 is 0 Å². The Kier molecular flexibility index (Phi) is 6.56. The smallest absolute Gasteiger partial charge is 0.159 e. The summed E-state index contributed by atoms with van der Waals surface area (Å²) in [6.07, 6.45) is 2.55. The van der Waals surface area contributed by atoms with Gasteiger partial charge in [-0.25, -0.2) is 8.78 Å². The van der Waals surface area contributed by atoms with Crippen molar-refractivity contribution < 1.29 is 13.5 Å². The maximum absolute atomic E-state index is 13.5. The summed E-state index contributed by atoms with van der Waals surface area (Å²) in [6.45, 7) is 6.97. The van der Waals surface area contributed by atoms with E-state index in [1.165, 1.54) is 12.1 Å². The molecule has 1 atom stereocenters. The van der Waals surface area contributed by atoms with E-state index in [9.17, 15) is 8.78 Å².